The Morgan fingerprint density at radius 2 is 1.55 bits per heavy atom. The maximum atomic E-state index is 14.3. The number of carbonyl (C=O) groups is 2. The lowest BCUT2D eigenvalue weighted by atomic mass is 9.80. The number of benzene rings is 2. The van der Waals surface area contributed by atoms with E-state index in [4.69, 9.17) is 14.3 Å². The van der Waals surface area contributed by atoms with Crippen molar-refractivity contribution in [1.82, 2.24) is 5.32 Å². The van der Waals surface area contributed by atoms with Crippen LogP contribution >= 0.6 is 0 Å². The number of ether oxygens (including phenoxy) is 2. The van der Waals surface area contributed by atoms with E-state index in [-0.39, 0.29) is 47.0 Å². The summed E-state index contributed by atoms with van der Waals surface area (Å²) >= 11 is 0. The van der Waals surface area contributed by atoms with E-state index in [1.165, 1.54) is 32.0 Å². The third kappa shape index (κ3) is 6.69. The highest BCUT2D eigenvalue weighted by atomic mass is 19.1. The minimum absolute atomic E-state index is 0.0422. The van der Waals surface area contributed by atoms with Crippen molar-refractivity contribution in [2.24, 2.45) is 5.16 Å². The average Bonchev–Trinajstić information content (AvgIpc) is 2.96. The van der Waals surface area contributed by atoms with Crippen molar-refractivity contribution in [3.8, 4) is 5.75 Å². The summed E-state index contributed by atoms with van der Waals surface area (Å²) in [5.74, 6) is -3.96. The zero-order valence-electron chi connectivity index (χ0n) is 22.0. The third-order valence-electron chi connectivity index (χ3n) is 5.70. The van der Waals surface area contributed by atoms with Crippen molar-refractivity contribution in [3.05, 3.63) is 101 Å². The molecule has 0 spiro atoms. The molecule has 0 amide bonds. The number of dihydropyridines is 1. The molecule has 1 aliphatic rings. The number of nitro groups is 3. The fourth-order valence-electron chi connectivity index (χ4n) is 3.99. The number of halogens is 1. The van der Waals surface area contributed by atoms with Crippen molar-refractivity contribution >= 4 is 35.2 Å². The highest BCUT2D eigenvalue weighted by Gasteiger charge is 2.40. The van der Waals surface area contributed by atoms with Crippen molar-refractivity contribution in [1.29, 1.82) is 0 Å². The van der Waals surface area contributed by atoms with Crippen molar-refractivity contribution in [2.75, 3.05) is 19.9 Å². The monoisotopic (exact) mass is 587 g/mol. The Kier molecular flexibility index (Phi) is 9.94. The summed E-state index contributed by atoms with van der Waals surface area (Å²) in [4.78, 5) is 62.7. The second-order valence-corrected chi connectivity index (χ2v) is 8.20. The lowest BCUT2D eigenvalue weighted by Crippen LogP contribution is -2.35. The zero-order valence-corrected chi connectivity index (χ0v) is 22.0. The Balaban J connectivity index is 2.21. The molecule has 1 atom stereocenters. The average molecular weight is 587 g/mol. The van der Waals surface area contributed by atoms with E-state index in [1.54, 1.807) is 0 Å². The number of carbonyl (C=O) groups excluding carboxylic acids is 2. The summed E-state index contributed by atoms with van der Waals surface area (Å²) in [5.41, 5.74) is -3.03. The minimum atomic E-state index is -1.44. The van der Waals surface area contributed by atoms with Crippen LogP contribution in [0, 0.1) is 30.3 Å². The van der Waals surface area contributed by atoms with Gasteiger partial charge in [-0.05, 0) is 25.5 Å². The Morgan fingerprint density at radius 3 is 2.12 bits per heavy atom. The molecule has 0 aromatic heterocycles. The van der Waals surface area contributed by atoms with E-state index in [9.17, 15) is 44.3 Å². The Labute approximate surface area is 235 Å². The lowest BCUT2D eigenvalue weighted by molar-refractivity contribution is -0.394. The molecule has 16 nitrogen and oxygen atoms in total. The number of allylic oxidation sites excluding steroid dienone is 2. The summed E-state index contributed by atoms with van der Waals surface area (Å²) < 4.78 is 24.6. The van der Waals surface area contributed by atoms with Gasteiger partial charge >= 0.3 is 17.6 Å². The second-order valence-electron chi connectivity index (χ2n) is 8.20. The van der Waals surface area contributed by atoms with Crippen LogP contribution in [0.3, 0.4) is 0 Å². The second kappa shape index (κ2) is 13.6. The van der Waals surface area contributed by atoms with Gasteiger partial charge in [0.05, 0.1) is 68.7 Å². The molecular formula is C25H22FN5O11. The molecule has 1 heterocycles. The molecule has 1 aliphatic heterocycles. The number of nitrogens with zero attached hydrogens (tertiary/aromatic N) is 4. The first-order valence-electron chi connectivity index (χ1n) is 12.1. The van der Waals surface area contributed by atoms with E-state index in [0.717, 1.165) is 24.4 Å². The normalized spacial score (nSPS) is 14.8. The maximum Gasteiger partial charge on any atom is 0.337 e. The molecule has 42 heavy (non-hydrogen) atoms. The van der Waals surface area contributed by atoms with Crippen LogP contribution in [0.1, 0.15) is 25.3 Å². The number of nitro benzene ring substituents is 3. The van der Waals surface area contributed by atoms with Gasteiger partial charge in [-0.15, -0.1) is 0 Å². The van der Waals surface area contributed by atoms with Gasteiger partial charge in [0, 0.05) is 18.2 Å². The van der Waals surface area contributed by atoms with Crippen LogP contribution < -0.4 is 10.2 Å². The molecule has 0 fully saturated rings. The first-order chi connectivity index (χ1) is 20.0. The van der Waals surface area contributed by atoms with E-state index < -0.39 is 56.4 Å². The standard InChI is InChI=1S/C25H22FN5O11/c1-3-40-24(32)22-17(12-26)28-18(13-27-42-20-9-8-16(30(36)37)11-19(20)31(38)39)23(25(33)41-4-2)21(22)14-6-5-7-15(10-14)29(34)35/h5-11,13,21,28H,3-4,12H2,1-2H3/b27-13+. The lowest BCUT2D eigenvalue weighted by Gasteiger charge is -2.30. The number of esters is 2. The van der Waals surface area contributed by atoms with Gasteiger partial charge in [0.2, 0.25) is 5.75 Å². The molecule has 0 bridgehead atoms. The number of oxime groups is 1. The van der Waals surface area contributed by atoms with Gasteiger partial charge in [-0.1, -0.05) is 17.3 Å². The predicted octanol–water partition coefficient (Wildman–Crippen LogP) is 3.77. The number of nitrogens with one attached hydrogen (secondary N) is 1. The van der Waals surface area contributed by atoms with Gasteiger partial charge in [-0.2, -0.15) is 0 Å². The molecule has 0 saturated carbocycles. The molecule has 1 N–H and O–H groups in total. The fraction of sp³-hybridized carbons (Fsp3) is 0.240. The van der Waals surface area contributed by atoms with Gasteiger partial charge in [-0.25, -0.2) is 14.0 Å². The van der Waals surface area contributed by atoms with E-state index in [0.29, 0.717) is 6.07 Å². The van der Waals surface area contributed by atoms with E-state index >= 15 is 0 Å². The van der Waals surface area contributed by atoms with Crippen molar-refractivity contribution in [3.63, 3.8) is 0 Å². The molecule has 2 aromatic carbocycles. The molecule has 220 valence electrons. The summed E-state index contributed by atoms with van der Waals surface area (Å²) in [5, 5.41) is 40.1. The topological polar surface area (TPSA) is 216 Å². The van der Waals surface area contributed by atoms with Crippen LogP contribution in [0.15, 0.2) is 70.2 Å². The quantitative estimate of drug-likeness (QED) is 0.162. The Hall–Kier alpha value is -5.74. The molecule has 17 heteroatoms. The summed E-state index contributed by atoms with van der Waals surface area (Å²) in [6.45, 7) is 1.48. The van der Waals surface area contributed by atoms with Crippen LogP contribution in [0.2, 0.25) is 0 Å². The zero-order chi connectivity index (χ0) is 31.0. The number of non-ortho nitro benzene ring substituents is 2. The van der Waals surface area contributed by atoms with E-state index in [2.05, 4.69) is 10.5 Å². The van der Waals surface area contributed by atoms with Gasteiger partial charge in [0.25, 0.3) is 11.4 Å². The van der Waals surface area contributed by atoms with Crippen molar-refractivity contribution < 1.29 is 43.1 Å². The van der Waals surface area contributed by atoms with Crippen LogP contribution in [-0.2, 0) is 19.1 Å². The minimum Gasteiger partial charge on any atom is -0.463 e. The van der Waals surface area contributed by atoms with Gasteiger partial charge in [-0.3, -0.25) is 30.3 Å². The van der Waals surface area contributed by atoms with Gasteiger partial charge in [0.15, 0.2) is 0 Å². The van der Waals surface area contributed by atoms with Crippen molar-refractivity contribution in [2.45, 2.75) is 19.8 Å². The summed E-state index contributed by atoms with van der Waals surface area (Å²) in [6, 6.07) is 7.48. The molecule has 2 aromatic rings. The van der Waals surface area contributed by atoms with Crippen LogP contribution in [0.4, 0.5) is 21.5 Å². The van der Waals surface area contributed by atoms with Crippen LogP contribution in [0.25, 0.3) is 0 Å². The predicted molar refractivity (Wildman–Crippen MR) is 141 cm³/mol. The SMILES string of the molecule is CCOC(=O)C1=C(/C=N/Oc2ccc([N+](=O)[O-])cc2[N+](=O)[O-])NC(CF)=C(C(=O)OCC)C1c1cccc([N+](=O)[O-])c1. The summed E-state index contributed by atoms with van der Waals surface area (Å²) in [7, 11) is 0. The largest absolute Gasteiger partial charge is 0.463 e. The first kappa shape index (κ1) is 30.8. The van der Waals surface area contributed by atoms with E-state index in [1.807, 2.05) is 0 Å². The molecule has 3 rings (SSSR count). The highest BCUT2D eigenvalue weighted by molar-refractivity contribution is 6.04. The number of hydrogen-bond donors (Lipinski definition) is 1. The third-order valence-corrected chi connectivity index (χ3v) is 5.70. The molecule has 0 saturated heterocycles. The number of rotatable bonds is 12. The molecular weight excluding hydrogens is 565 g/mol. The van der Waals surface area contributed by atoms with Crippen LogP contribution in [0.5, 0.6) is 5.75 Å². The molecule has 0 radical (unpaired) electrons. The molecule has 1 unspecified atom stereocenters. The first-order valence-corrected chi connectivity index (χ1v) is 12.1. The molecule has 0 aliphatic carbocycles. The summed E-state index contributed by atoms with van der Waals surface area (Å²) in [6.07, 6.45) is 0.847. The fourth-order valence-corrected chi connectivity index (χ4v) is 3.99. The smallest absolute Gasteiger partial charge is 0.337 e. The highest BCUT2D eigenvalue weighted by Crippen LogP contribution is 2.40. The van der Waals surface area contributed by atoms with Gasteiger partial charge in [0.1, 0.15) is 6.67 Å². The maximum absolute atomic E-state index is 14.3. The Bertz CT molecular complexity index is 1540. The number of hydrogen-bond acceptors (Lipinski definition) is 13. The van der Waals surface area contributed by atoms with Gasteiger partial charge < -0.3 is 19.6 Å². The van der Waals surface area contributed by atoms with Crippen LogP contribution in [-0.4, -0.2) is 52.8 Å². The Morgan fingerprint density at radius 1 is 0.929 bits per heavy atom. The number of alkyl halides is 1.